The number of para-hydroxylation sites is 2. The first-order valence-electron chi connectivity index (χ1n) is 9.97. The third-order valence-corrected chi connectivity index (χ3v) is 4.59. The van der Waals surface area contributed by atoms with Crippen molar-refractivity contribution in [2.75, 3.05) is 20.7 Å². The highest BCUT2D eigenvalue weighted by atomic mass is 127. The number of methoxy groups -OCH3 is 1. The number of hydrogen-bond donors (Lipinski definition) is 2. The number of nitrogens with one attached hydrogen (secondary N) is 2. The Bertz CT molecular complexity index is 946. The zero-order valence-electron chi connectivity index (χ0n) is 18.1. The monoisotopic (exact) mass is 535 g/mol. The van der Waals surface area contributed by atoms with Gasteiger partial charge in [0.05, 0.1) is 20.2 Å². The van der Waals surface area contributed by atoms with Crippen LogP contribution in [0.4, 0.5) is 0 Å². The molecule has 0 fully saturated rings. The van der Waals surface area contributed by atoms with Crippen LogP contribution in [0.5, 0.6) is 11.5 Å². The predicted octanol–water partition coefficient (Wildman–Crippen LogP) is 3.69. The number of benzene rings is 2. The second-order valence-electron chi connectivity index (χ2n) is 6.84. The van der Waals surface area contributed by atoms with Gasteiger partial charge in [-0.05, 0) is 24.6 Å². The van der Waals surface area contributed by atoms with Crippen LogP contribution < -0.4 is 20.1 Å². The summed E-state index contributed by atoms with van der Waals surface area (Å²) in [6, 6.07) is 18.0. The number of aliphatic imine (C=N–C) groups is 1. The highest BCUT2D eigenvalue weighted by Crippen LogP contribution is 2.26. The van der Waals surface area contributed by atoms with Gasteiger partial charge in [-0.25, -0.2) is 4.98 Å². The third kappa shape index (κ3) is 7.46. The van der Waals surface area contributed by atoms with Gasteiger partial charge >= 0.3 is 0 Å². The predicted molar refractivity (Wildman–Crippen MR) is 134 cm³/mol. The number of imidazole rings is 1. The second kappa shape index (κ2) is 12.8. The minimum atomic E-state index is -0.0695. The number of guanidine groups is 1. The second-order valence-corrected chi connectivity index (χ2v) is 6.84. The van der Waals surface area contributed by atoms with E-state index in [1.807, 2.05) is 61.8 Å². The largest absolute Gasteiger partial charge is 0.493 e. The highest BCUT2D eigenvalue weighted by Gasteiger charge is 2.10. The lowest BCUT2D eigenvalue weighted by Crippen LogP contribution is -2.41. The van der Waals surface area contributed by atoms with E-state index >= 15 is 0 Å². The van der Waals surface area contributed by atoms with Crippen LogP contribution in [0.15, 0.2) is 72.0 Å². The van der Waals surface area contributed by atoms with E-state index in [1.165, 1.54) is 5.56 Å². The van der Waals surface area contributed by atoms with Gasteiger partial charge in [-0.3, -0.25) is 4.99 Å². The minimum Gasteiger partial charge on any atom is -0.493 e. The van der Waals surface area contributed by atoms with E-state index < -0.39 is 0 Å². The number of rotatable bonds is 9. The molecular formula is C23H30IN5O2. The van der Waals surface area contributed by atoms with Gasteiger partial charge in [-0.2, -0.15) is 0 Å². The molecule has 0 saturated heterocycles. The summed E-state index contributed by atoms with van der Waals surface area (Å²) in [7, 11) is 3.39. The first-order chi connectivity index (χ1) is 14.7. The summed E-state index contributed by atoms with van der Waals surface area (Å²) in [5.41, 5.74) is 1.24. The molecule has 166 valence electrons. The Morgan fingerprint density at radius 3 is 2.48 bits per heavy atom. The van der Waals surface area contributed by atoms with E-state index in [-0.39, 0.29) is 30.1 Å². The standard InChI is InChI=1S/C23H29N5O2.HI/c1-18(30-21-12-8-7-11-20(21)29-3)15-26-23(24-2)27-16-22-25-13-14-28(22)17-19-9-5-4-6-10-19;/h4-14,18H,15-17H2,1-3H3,(H2,24,26,27);1H. The zero-order chi connectivity index (χ0) is 21.2. The van der Waals surface area contributed by atoms with Gasteiger partial charge in [0.15, 0.2) is 17.5 Å². The fourth-order valence-corrected chi connectivity index (χ4v) is 3.03. The third-order valence-electron chi connectivity index (χ3n) is 4.59. The Balaban J connectivity index is 0.00000341. The average molecular weight is 535 g/mol. The molecule has 0 saturated carbocycles. The van der Waals surface area contributed by atoms with E-state index in [0.717, 1.165) is 23.9 Å². The lowest BCUT2D eigenvalue weighted by molar-refractivity contribution is 0.213. The molecule has 0 bridgehead atoms. The molecule has 1 aromatic heterocycles. The van der Waals surface area contributed by atoms with E-state index in [2.05, 4.69) is 37.3 Å². The van der Waals surface area contributed by atoms with Gasteiger partial charge in [-0.15, -0.1) is 24.0 Å². The van der Waals surface area contributed by atoms with Crippen molar-refractivity contribution in [3.05, 3.63) is 78.4 Å². The number of hydrogen-bond acceptors (Lipinski definition) is 4. The molecule has 0 aliphatic carbocycles. The van der Waals surface area contributed by atoms with Crippen molar-refractivity contribution in [1.29, 1.82) is 0 Å². The van der Waals surface area contributed by atoms with Crippen LogP contribution in [0.3, 0.4) is 0 Å². The summed E-state index contributed by atoms with van der Waals surface area (Å²) in [6.45, 7) is 3.95. The fraction of sp³-hybridized carbons (Fsp3) is 0.304. The average Bonchev–Trinajstić information content (AvgIpc) is 3.22. The van der Waals surface area contributed by atoms with Crippen LogP contribution >= 0.6 is 24.0 Å². The summed E-state index contributed by atoms with van der Waals surface area (Å²) in [6.07, 6.45) is 3.74. The molecule has 0 aliphatic rings. The topological polar surface area (TPSA) is 72.7 Å². The van der Waals surface area contributed by atoms with E-state index in [1.54, 1.807) is 14.2 Å². The molecule has 0 spiro atoms. The van der Waals surface area contributed by atoms with Gasteiger partial charge in [0, 0.05) is 26.0 Å². The molecule has 7 nitrogen and oxygen atoms in total. The van der Waals surface area contributed by atoms with Crippen LogP contribution in [-0.2, 0) is 13.1 Å². The quantitative estimate of drug-likeness (QED) is 0.249. The maximum Gasteiger partial charge on any atom is 0.191 e. The summed E-state index contributed by atoms with van der Waals surface area (Å²) in [5, 5.41) is 6.61. The van der Waals surface area contributed by atoms with Gasteiger partial charge in [-0.1, -0.05) is 42.5 Å². The van der Waals surface area contributed by atoms with E-state index in [0.29, 0.717) is 19.0 Å². The Hall–Kier alpha value is -2.75. The van der Waals surface area contributed by atoms with Crippen LogP contribution in [0.25, 0.3) is 0 Å². The number of nitrogens with zero attached hydrogens (tertiary/aromatic N) is 3. The van der Waals surface area contributed by atoms with Crippen molar-refractivity contribution in [3.63, 3.8) is 0 Å². The normalized spacial score (nSPS) is 11.9. The van der Waals surface area contributed by atoms with E-state index in [4.69, 9.17) is 9.47 Å². The van der Waals surface area contributed by atoms with Crippen molar-refractivity contribution in [2.24, 2.45) is 4.99 Å². The van der Waals surface area contributed by atoms with Gasteiger partial charge in [0.2, 0.25) is 0 Å². The molecule has 1 unspecified atom stereocenters. The summed E-state index contributed by atoms with van der Waals surface area (Å²) >= 11 is 0. The summed E-state index contributed by atoms with van der Waals surface area (Å²) < 4.78 is 13.4. The SMILES string of the molecule is CN=C(NCc1nccn1Cc1ccccc1)NCC(C)Oc1ccccc1OC.I. The molecule has 31 heavy (non-hydrogen) atoms. The van der Waals surface area contributed by atoms with Crippen molar-refractivity contribution < 1.29 is 9.47 Å². The van der Waals surface area contributed by atoms with Gasteiger partial charge in [0.25, 0.3) is 0 Å². The van der Waals surface area contributed by atoms with Crippen LogP contribution in [0, 0.1) is 0 Å². The Kier molecular flexibility index (Phi) is 10.2. The van der Waals surface area contributed by atoms with Crippen LogP contribution in [0.2, 0.25) is 0 Å². The van der Waals surface area contributed by atoms with Gasteiger partial charge in [0.1, 0.15) is 11.9 Å². The molecule has 3 aromatic rings. The number of ether oxygens (including phenoxy) is 2. The van der Waals surface area contributed by atoms with Crippen LogP contribution in [0.1, 0.15) is 18.3 Å². The molecule has 0 amide bonds. The molecule has 1 heterocycles. The van der Waals surface area contributed by atoms with Crippen molar-refractivity contribution in [2.45, 2.75) is 26.1 Å². The lowest BCUT2D eigenvalue weighted by atomic mass is 10.2. The number of aromatic nitrogens is 2. The molecule has 2 N–H and O–H groups in total. The lowest BCUT2D eigenvalue weighted by Gasteiger charge is -2.19. The van der Waals surface area contributed by atoms with Crippen molar-refractivity contribution in [3.8, 4) is 11.5 Å². The minimum absolute atomic E-state index is 0. The molecule has 8 heteroatoms. The molecule has 0 aliphatic heterocycles. The van der Waals surface area contributed by atoms with Crippen molar-refractivity contribution in [1.82, 2.24) is 20.2 Å². The molecule has 2 aromatic carbocycles. The first kappa shape index (κ1) is 24.5. The first-order valence-corrected chi connectivity index (χ1v) is 9.97. The Morgan fingerprint density at radius 1 is 1.06 bits per heavy atom. The van der Waals surface area contributed by atoms with Crippen molar-refractivity contribution >= 4 is 29.9 Å². The van der Waals surface area contributed by atoms with Gasteiger partial charge < -0.3 is 24.7 Å². The Morgan fingerprint density at radius 2 is 1.77 bits per heavy atom. The summed E-state index contributed by atoms with van der Waals surface area (Å²) in [4.78, 5) is 8.76. The Labute approximate surface area is 200 Å². The van der Waals surface area contributed by atoms with Crippen LogP contribution in [-0.4, -0.2) is 42.3 Å². The fourth-order valence-electron chi connectivity index (χ4n) is 3.03. The molecular weight excluding hydrogens is 505 g/mol. The molecule has 0 radical (unpaired) electrons. The maximum atomic E-state index is 5.98. The maximum absolute atomic E-state index is 5.98. The molecule has 1 atom stereocenters. The smallest absolute Gasteiger partial charge is 0.191 e. The number of halogens is 1. The van der Waals surface area contributed by atoms with E-state index in [9.17, 15) is 0 Å². The molecule has 3 rings (SSSR count). The highest BCUT2D eigenvalue weighted by molar-refractivity contribution is 14.0. The summed E-state index contributed by atoms with van der Waals surface area (Å²) in [5.74, 6) is 3.08. The zero-order valence-corrected chi connectivity index (χ0v) is 20.4.